The van der Waals surface area contributed by atoms with Crippen LogP contribution < -0.4 is 10.0 Å². The second-order valence-electron chi connectivity index (χ2n) is 8.13. The maximum Gasteiger partial charge on any atom is 0.240 e. The molecule has 0 aliphatic rings. The maximum absolute atomic E-state index is 12.1. The minimum atomic E-state index is -3.50. The highest BCUT2D eigenvalue weighted by Gasteiger charge is 2.15. The Bertz CT molecular complexity index is 670. The van der Waals surface area contributed by atoms with Crippen molar-refractivity contribution in [2.75, 3.05) is 5.32 Å². The maximum atomic E-state index is 12.1. The quantitative estimate of drug-likeness (QED) is 0.319. The van der Waals surface area contributed by atoms with Crippen LogP contribution in [0.2, 0.25) is 0 Å². The molecular weight excluding hydrogens is 384 g/mol. The zero-order chi connectivity index (χ0) is 21.5. The monoisotopic (exact) mass is 424 g/mol. The summed E-state index contributed by atoms with van der Waals surface area (Å²) in [6.07, 6.45) is 14.3. The van der Waals surface area contributed by atoms with Crippen molar-refractivity contribution in [3.8, 4) is 0 Å². The number of hydrogen-bond donors (Lipinski definition) is 2. The lowest BCUT2D eigenvalue weighted by Gasteiger charge is -2.10. The average molecular weight is 425 g/mol. The van der Waals surface area contributed by atoms with Crippen LogP contribution in [-0.4, -0.2) is 20.4 Å². The van der Waals surface area contributed by atoms with Gasteiger partial charge in [0, 0.05) is 18.2 Å². The molecule has 166 valence electrons. The van der Waals surface area contributed by atoms with E-state index in [0.717, 1.165) is 12.8 Å². The summed E-state index contributed by atoms with van der Waals surface area (Å²) in [6.45, 7) is 5.80. The minimum Gasteiger partial charge on any atom is -0.326 e. The zero-order valence-corrected chi connectivity index (χ0v) is 19.3. The first-order valence-corrected chi connectivity index (χ1v) is 12.8. The van der Waals surface area contributed by atoms with E-state index in [1.54, 1.807) is 26.0 Å². The Balaban J connectivity index is 2.16. The summed E-state index contributed by atoms with van der Waals surface area (Å²) in [5.41, 5.74) is 0.626. The number of carbonyl (C=O) groups excluding carboxylic acids is 1. The predicted octanol–water partition coefficient (Wildman–Crippen LogP) is 6.01. The molecule has 1 rings (SSSR count). The van der Waals surface area contributed by atoms with Crippen molar-refractivity contribution < 1.29 is 13.2 Å². The Morgan fingerprint density at radius 1 is 0.828 bits per heavy atom. The summed E-state index contributed by atoms with van der Waals surface area (Å²) >= 11 is 0. The van der Waals surface area contributed by atoms with Gasteiger partial charge < -0.3 is 5.32 Å². The Kier molecular flexibility index (Phi) is 12.9. The summed E-state index contributed by atoms with van der Waals surface area (Å²) in [4.78, 5) is 12.3. The Morgan fingerprint density at radius 2 is 1.31 bits per heavy atom. The van der Waals surface area contributed by atoms with Crippen LogP contribution in [-0.2, 0) is 14.8 Å². The van der Waals surface area contributed by atoms with Gasteiger partial charge >= 0.3 is 0 Å². The molecule has 0 saturated carbocycles. The molecule has 0 aromatic heterocycles. The minimum absolute atomic E-state index is 0.0168. The third-order valence-corrected chi connectivity index (χ3v) is 6.52. The van der Waals surface area contributed by atoms with Gasteiger partial charge in [0.25, 0.3) is 0 Å². The zero-order valence-electron chi connectivity index (χ0n) is 18.5. The molecule has 0 atom stereocenters. The van der Waals surface area contributed by atoms with Crippen LogP contribution in [0.4, 0.5) is 5.69 Å². The number of rotatable bonds is 16. The molecule has 1 amide bonds. The molecule has 2 N–H and O–H groups in total. The number of amides is 1. The molecule has 1 aromatic rings. The van der Waals surface area contributed by atoms with Gasteiger partial charge in [-0.15, -0.1) is 0 Å². The smallest absolute Gasteiger partial charge is 0.240 e. The molecule has 1 aromatic carbocycles. The van der Waals surface area contributed by atoms with Crippen molar-refractivity contribution in [2.45, 2.75) is 109 Å². The summed E-state index contributed by atoms with van der Waals surface area (Å²) < 4.78 is 26.8. The van der Waals surface area contributed by atoms with Crippen LogP contribution in [0.5, 0.6) is 0 Å². The van der Waals surface area contributed by atoms with Crippen LogP contribution in [0.25, 0.3) is 0 Å². The first-order chi connectivity index (χ1) is 13.8. The summed E-state index contributed by atoms with van der Waals surface area (Å²) in [7, 11) is -3.50. The Hall–Kier alpha value is -1.40. The first-order valence-electron chi connectivity index (χ1n) is 11.3. The SMILES string of the molecule is CCCCCCCCCCCCCC(=O)Nc1ccc(S(=O)(=O)NC(C)C)cc1. The van der Waals surface area contributed by atoms with Gasteiger partial charge in [-0.1, -0.05) is 71.1 Å². The second kappa shape index (κ2) is 14.6. The molecule has 0 heterocycles. The molecule has 0 aliphatic carbocycles. The van der Waals surface area contributed by atoms with E-state index < -0.39 is 10.0 Å². The van der Waals surface area contributed by atoms with Crippen LogP contribution >= 0.6 is 0 Å². The lowest BCUT2D eigenvalue weighted by Crippen LogP contribution is -2.30. The van der Waals surface area contributed by atoms with Crippen LogP contribution in [0.15, 0.2) is 29.2 Å². The second-order valence-corrected chi connectivity index (χ2v) is 9.85. The fourth-order valence-electron chi connectivity index (χ4n) is 3.27. The van der Waals surface area contributed by atoms with E-state index in [1.165, 1.54) is 69.9 Å². The number of carbonyl (C=O) groups is 1. The van der Waals surface area contributed by atoms with Crippen molar-refractivity contribution >= 4 is 21.6 Å². The third kappa shape index (κ3) is 12.0. The summed E-state index contributed by atoms with van der Waals surface area (Å²) in [6, 6.07) is 6.14. The van der Waals surface area contributed by atoms with Gasteiger partial charge in [-0.2, -0.15) is 0 Å². The number of benzene rings is 1. The summed E-state index contributed by atoms with van der Waals surface area (Å²) in [5.74, 6) is -0.0168. The van der Waals surface area contributed by atoms with Crippen molar-refractivity contribution in [2.24, 2.45) is 0 Å². The standard InChI is InChI=1S/C23H40N2O3S/c1-4-5-6-7-8-9-10-11-12-13-14-15-23(26)24-21-16-18-22(19-17-21)29(27,28)25-20(2)3/h16-20,25H,4-15H2,1-3H3,(H,24,26). The predicted molar refractivity (Wildman–Crippen MR) is 122 cm³/mol. The Morgan fingerprint density at radius 3 is 1.79 bits per heavy atom. The highest BCUT2D eigenvalue weighted by molar-refractivity contribution is 7.89. The van der Waals surface area contributed by atoms with Crippen molar-refractivity contribution in [1.29, 1.82) is 0 Å². The van der Waals surface area contributed by atoms with Gasteiger partial charge in [0.15, 0.2) is 0 Å². The van der Waals surface area contributed by atoms with Gasteiger partial charge in [0.1, 0.15) is 0 Å². The van der Waals surface area contributed by atoms with E-state index in [1.807, 2.05) is 0 Å². The highest BCUT2D eigenvalue weighted by Crippen LogP contribution is 2.16. The molecule has 0 unspecified atom stereocenters. The molecule has 0 fully saturated rings. The first kappa shape index (κ1) is 25.6. The number of sulfonamides is 1. The fourth-order valence-corrected chi connectivity index (χ4v) is 4.52. The highest BCUT2D eigenvalue weighted by atomic mass is 32.2. The van der Waals surface area contributed by atoms with E-state index in [-0.39, 0.29) is 16.8 Å². The van der Waals surface area contributed by atoms with Crippen LogP contribution in [0, 0.1) is 0 Å². The number of anilines is 1. The van der Waals surface area contributed by atoms with E-state index in [2.05, 4.69) is 17.0 Å². The van der Waals surface area contributed by atoms with Gasteiger partial charge in [0.05, 0.1) is 4.90 Å². The lowest BCUT2D eigenvalue weighted by molar-refractivity contribution is -0.116. The molecule has 5 nitrogen and oxygen atoms in total. The van der Waals surface area contributed by atoms with E-state index >= 15 is 0 Å². The molecule has 0 bridgehead atoms. The van der Waals surface area contributed by atoms with Gasteiger partial charge in [-0.3, -0.25) is 4.79 Å². The Labute approximate surface area is 178 Å². The molecule has 0 radical (unpaired) electrons. The number of nitrogens with one attached hydrogen (secondary N) is 2. The average Bonchev–Trinajstić information content (AvgIpc) is 2.65. The fraction of sp³-hybridized carbons (Fsp3) is 0.696. The molecule has 0 spiro atoms. The largest absolute Gasteiger partial charge is 0.326 e. The van der Waals surface area contributed by atoms with Gasteiger partial charge in [0.2, 0.25) is 15.9 Å². The molecule has 0 aliphatic heterocycles. The van der Waals surface area contributed by atoms with E-state index in [9.17, 15) is 13.2 Å². The normalized spacial score (nSPS) is 11.7. The number of unbranched alkanes of at least 4 members (excludes halogenated alkanes) is 10. The van der Waals surface area contributed by atoms with E-state index in [0.29, 0.717) is 12.1 Å². The molecule has 6 heteroatoms. The molecular formula is C23H40N2O3S. The topological polar surface area (TPSA) is 75.3 Å². The van der Waals surface area contributed by atoms with Gasteiger partial charge in [-0.05, 0) is 44.5 Å². The van der Waals surface area contributed by atoms with E-state index in [4.69, 9.17) is 0 Å². The molecule has 29 heavy (non-hydrogen) atoms. The molecule has 0 saturated heterocycles. The lowest BCUT2D eigenvalue weighted by atomic mass is 10.1. The van der Waals surface area contributed by atoms with Crippen molar-refractivity contribution in [3.05, 3.63) is 24.3 Å². The summed E-state index contributed by atoms with van der Waals surface area (Å²) in [5, 5.41) is 2.84. The third-order valence-electron chi connectivity index (χ3n) is 4.85. The van der Waals surface area contributed by atoms with Crippen LogP contribution in [0.3, 0.4) is 0 Å². The van der Waals surface area contributed by atoms with Crippen molar-refractivity contribution in [3.63, 3.8) is 0 Å². The van der Waals surface area contributed by atoms with Crippen molar-refractivity contribution in [1.82, 2.24) is 4.72 Å². The van der Waals surface area contributed by atoms with Crippen LogP contribution in [0.1, 0.15) is 97.8 Å². The number of hydrogen-bond acceptors (Lipinski definition) is 3. The van der Waals surface area contributed by atoms with Gasteiger partial charge in [-0.25, -0.2) is 13.1 Å².